The Morgan fingerprint density at radius 1 is 1.12 bits per heavy atom. The predicted octanol–water partition coefficient (Wildman–Crippen LogP) is 3.41. The smallest absolute Gasteiger partial charge is 0.226 e. The molecule has 1 N–H and O–H groups in total. The summed E-state index contributed by atoms with van der Waals surface area (Å²) in [5, 5.41) is 3.63. The normalized spacial score (nSPS) is 23.8. The number of piperidine rings is 1. The molecule has 26 heavy (non-hydrogen) atoms. The van der Waals surface area contributed by atoms with Crippen LogP contribution < -0.4 is 5.32 Å². The van der Waals surface area contributed by atoms with Crippen molar-refractivity contribution in [1.29, 1.82) is 0 Å². The van der Waals surface area contributed by atoms with E-state index in [9.17, 15) is 0 Å². The van der Waals surface area contributed by atoms with Crippen molar-refractivity contribution >= 4 is 5.95 Å². The van der Waals surface area contributed by atoms with Gasteiger partial charge < -0.3 is 10.2 Å². The van der Waals surface area contributed by atoms with Crippen LogP contribution in [0, 0.1) is 0 Å². The highest BCUT2D eigenvalue weighted by molar-refractivity contribution is 5.57. The molecule has 136 valence electrons. The minimum Gasteiger partial charge on any atom is -0.350 e. The Morgan fingerprint density at radius 3 is 2.73 bits per heavy atom. The maximum Gasteiger partial charge on any atom is 0.226 e. The van der Waals surface area contributed by atoms with E-state index in [1.165, 1.54) is 37.8 Å². The maximum absolute atomic E-state index is 4.90. The van der Waals surface area contributed by atoms with Crippen LogP contribution >= 0.6 is 0 Å². The number of anilines is 1. The molecule has 3 aliphatic heterocycles. The summed E-state index contributed by atoms with van der Waals surface area (Å²) < 4.78 is 0. The van der Waals surface area contributed by atoms with E-state index in [0.29, 0.717) is 6.04 Å². The highest BCUT2D eigenvalue weighted by Crippen LogP contribution is 2.51. The van der Waals surface area contributed by atoms with E-state index < -0.39 is 0 Å². The van der Waals surface area contributed by atoms with Gasteiger partial charge in [-0.15, -0.1) is 0 Å². The van der Waals surface area contributed by atoms with E-state index in [1.54, 1.807) is 0 Å². The summed E-state index contributed by atoms with van der Waals surface area (Å²) in [4.78, 5) is 17.1. The Kier molecular flexibility index (Phi) is 3.92. The van der Waals surface area contributed by atoms with Crippen molar-refractivity contribution in [1.82, 2.24) is 19.9 Å². The average Bonchev–Trinajstić information content (AvgIpc) is 3.47. The Labute approximate surface area is 155 Å². The fourth-order valence-electron chi connectivity index (χ4n) is 4.39. The van der Waals surface area contributed by atoms with E-state index in [1.807, 2.05) is 0 Å². The summed E-state index contributed by atoms with van der Waals surface area (Å²) in [7, 11) is 0. The van der Waals surface area contributed by atoms with Crippen molar-refractivity contribution in [2.24, 2.45) is 0 Å². The van der Waals surface area contributed by atoms with Gasteiger partial charge in [0, 0.05) is 23.6 Å². The first-order valence-electron chi connectivity index (χ1n) is 10.1. The zero-order chi connectivity index (χ0) is 17.6. The number of likely N-dealkylation sites (tertiary alicyclic amines) is 1. The second-order valence-electron chi connectivity index (χ2n) is 8.16. The molecule has 2 aromatic rings. The number of hydrogen-bond donors (Lipinski definition) is 1. The van der Waals surface area contributed by atoms with Gasteiger partial charge in [0.15, 0.2) is 5.82 Å². The first-order valence-corrected chi connectivity index (χ1v) is 10.1. The number of aryl methyl sites for hydroxylation is 1. The minimum absolute atomic E-state index is 0.183. The maximum atomic E-state index is 4.90. The number of aromatic nitrogens is 3. The molecule has 1 saturated heterocycles. The van der Waals surface area contributed by atoms with Crippen molar-refractivity contribution in [3.05, 3.63) is 35.7 Å². The van der Waals surface area contributed by atoms with Gasteiger partial charge in [-0.05, 0) is 57.2 Å². The second-order valence-corrected chi connectivity index (χ2v) is 8.16. The molecule has 1 aromatic carbocycles. The molecule has 2 fully saturated rings. The summed E-state index contributed by atoms with van der Waals surface area (Å²) in [6, 6.07) is 9.20. The van der Waals surface area contributed by atoms with Crippen LogP contribution in [-0.4, -0.2) is 45.5 Å². The van der Waals surface area contributed by atoms with Crippen LogP contribution in [0.5, 0.6) is 0 Å². The summed E-state index contributed by atoms with van der Waals surface area (Å²) in [6.45, 7) is 5.63. The number of benzene rings is 1. The van der Waals surface area contributed by atoms with Gasteiger partial charge >= 0.3 is 0 Å². The van der Waals surface area contributed by atoms with Crippen LogP contribution in [0.1, 0.15) is 50.4 Å². The van der Waals surface area contributed by atoms with Crippen LogP contribution in [0.15, 0.2) is 24.3 Å². The van der Waals surface area contributed by atoms with Crippen molar-refractivity contribution in [2.45, 2.75) is 56.9 Å². The highest BCUT2D eigenvalue weighted by atomic mass is 15.2. The van der Waals surface area contributed by atoms with Crippen molar-refractivity contribution in [3.63, 3.8) is 0 Å². The number of fused-ring (bicyclic) bond motifs is 3. The fraction of sp³-hybridized carbons (Fsp3) is 0.571. The molecule has 0 amide bonds. The van der Waals surface area contributed by atoms with Crippen molar-refractivity contribution in [2.75, 3.05) is 25.0 Å². The molecule has 1 aliphatic carbocycles. The van der Waals surface area contributed by atoms with Crippen LogP contribution in [0.4, 0.5) is 5.95 Å². The van der Waals surface area contributed by atoms with Gasteiger partial charge in [-0.2, -0.15) is 9.97 Å². The second kappa shape index (κ2) is 6.31. The van der Waals surface area contributed by atoms with Crippen molar-refractivity contribution < 1.29 is 0 Å². The van der Waals surface area contributed by atoms with E-state index in [4.69, 9.17) is 15.0 Å². The predicted molar refractivity (Wildman–Crippen MR) is 103 cm³/mol. The SMILES string of the molecule is CCN1CCCC(Nc2nc3nc(n2)C2(CCc4ccc-3cc4)CC2)C1. The zero-order valence-corrected chi connectivity index (χ0v) is 15.5. The Hall–Kier alpha value is -2.01. The lowest BCUT2D eigenvalue weighted by Crippen LogP contribution is -2.42. The zero-order valence-electron chi connectivity index (χ0n) is 15.5. The highest BCUT2D eigenvalue weighted by Gasteiger charge is 2.47. The summed E-state index contributed by atoms with van der Waals surface area (Å²) in [6.07, 6.45) is 7.09. The van der Waals surface area contributed by atoms with Crippen LogP contribution in [0.25, 0.3) is 11.4 Å². The molecule has 1 unspecified atom stereocenters. The molecule has 4 aliphatic rings. The Bertz CT molecular complexity index is 797. The summed E-state index contributed by atoms with van der Waals surface area (Å²) in [5.74, 6) is 2.60. The quantitative estimate of drug-likeness (QED) is 0.920. The Morgan fingerprint density at radius 2 is 1.96 bits per heavy atom. The third-order valence-electron chi connectivity index (χ3n) is 6.35. The van der Waals surface area contributed by atoms with Gasteiger partial charge in [0.2, 0.25) is 5.95 Å². The molecule has 1 aromatic heterocycles. The van der Waals surface area contributed by atoms with E-state index in [0.717, 1.165) is 49.1 Å². The number of rotatable bonds is 3. The van der Waals surface area contributed by atoms with Crippen LogP contribution in [0.3, 0.4) is 0 Å². The van der Waals surface area contributed by atoms with Gasteiger partial charge in [-0.25, -0.2) is 4.98 Å². The molecule has 5 heteroatoms. The molecular weight excluding hydrogens is 322 g/mol. The molecule has 5 nitrogen and oxygen atoms in total. The molecule has 1 spiro atoms. The van der Waals surface area contributed by atoms with Gasteiger partial charge in [0.05, 0.1) is 0 Å². The van der Waals surface area contributed by atoms with Gasteiger partial charge in [0.1, 0.15) is 5.82 Å². The Balaban J connectivity index is 1.50. The monoisotopic (exact) mass is 349 g/mol. The van der Waals surface area contributed by atoms with E-state index in [-0.39, 0.29) is 5.41 Å². The van der Waals surface area contributed by atoms with E-state index >= 15 is 0 Å². The molecule has 0 radical (unpaired) electrons. The van der Waals surface area contributed by atoms with Gasteiger partial charge in [-0.3, -0.25) is 0 Å². The standard InChI is InChI=1S/C21H27N5/c1-2-26-13-3-4-17(14-26)22-20-24-18-16-7-5-15(6-8-16)9-10-21(11-12-21)19(23-18)25-20/h5-8,17H,2-4,9-14H2,1H3,(H,22,23,24,25). The first-order chi connectivity index (χ1) is 12.7. The third-order valence-corrected chi connectivity index (χ3v) is 6.35. The van der Waals surface area contributed by atoms with Crippen LogP contribution in [0.2, 0.25) is 0 Å². The third kappa shape index (κ3) is 2.98. The largest absolute Gasteiger partial charge is 0.350 e. The first kappa shape index (κ1) is 16.2. The van der Waals surface area contributed by atoms with Gasteiger partial charge in [0.25, 0.3) is 0 Å². The van der Waals surface area contributed by atoms with E-state index in [2.05, 4.69) is 41.4 Å². The summed E-state index contributed by atoms with van der Waals surface area (Å²) >= 11 is 0. The molecule has 6 rings (SSSR count). The molecule has 1 atom stereocenters. The number of hydrogen-bond acceptors (Lipinski definition) is 5. The topological polar surface area (TPSA) is 53.9 Å². The molecular formula is C21H27N5. The lowest BCUT2D eigenvalue weighted by Gasteiger charge is -2.32. The molecule has 1 saturated carbocycles. The average molecular weight is 349 g/mol. The fourth-order valence-corrected chi connectivity index (χ4v) is 4.39. The number of nitrogens with one attached hydrogen (secondary N) is 1. The molecule has 4 bridgehead atoms. The van der Waals surface area contributed by atoms with Gasteiger partial charge in [-0.1, -0.05) is 31.2 Å². The van der Waals surface area contributed by atoms with Crippen LogP contribution in [-0.2, 0) is 11.8 Å². The number of nitrogens with zero attached hydrogens (tertiary/aromatic N) is 4. The summed E-state index contributed by atoms with van der Waals surface area (Å²) in [5.41, 5.74) is 2.69. The number of likely N-dealkylation sites (N-methyl/N-ethyl adjacent to an activating group) is 1. The van der Waals surface area contributed by atoms with Crippen molar-refractivity contribution in [3.8, 4) is 11.4 Å². The lowest BCUT2D eigenvalue weighted by atomic mass is 9.94. The lowest BCUT2D eigenvalue weighted by molar-refractivity contribution is 0.226. The minimum atomic E-state index is 0.183. The molecule has 4 heterocycles.